The summed E-state index contributed by atoms with van der Waals surface area (Å²) in [6, 6.07) is 6.70. The number of sulfonamides is 1. The maximum Gasteiger partial charge on any atom is 0.253 e. The molecule has 2 aliphatic rings. The van der Waals surface area contributed by atoms with Gasteiger partial charge in [-0.05, 0) is 37.6 Å². The van der Waals surface area contributed by atoms with Gasteiger partial charge in [-0.2, -0.15) is 0 Å². The average Bonchev–Trinajstić information content (AvgIpc) is 3.09. The molecule has 2 aliphatic heterocycles. The van der Waals surface area contributed by atoms with E-state index < -0.39 is 10.0 Å². The third-order valence-electron chi connectivity index (χ3n) is 4.86. The van der Waals surface area contributed by atoms with E-state index in [0.29, 0.717) is 24.8 Å². The quantitative estimate of drug-likeness (QED) is 0.742. The largest absolute Gasteiger partial charge is 0.383 e. The number of carbonyl (C=O) groups excluding carboxylic acids is 1. The molecular weight excluding hydrogens is 342 g/mol. The second-order valence-corrected chi connectivity index (χ2v) is 8.27. The van der Waals surface area contributed by atoms with Crippen LogP contribution in [0.2, 0.25) is 0 Å². The van der Waals surface area contributed by atoms with Crippen molar-refractivity contribution in [3.63, 3.8) is 0 Å². The summed E-state index contributed by atoms with van der Waals surface area (Å²) in [7, 11) is -2.13. The summed E-state index contributed by atoms with van der Waals surface area (Å²) >= 11 is 0. The minimum absolute atomic E-state index is 0.0968. The normalized spacial score (nSPS) is 21.3. The molecular formula is C17H25N3O4S. The van der Waals surface area contributed by atoms with E-state index in [1.54, 1.807) is 12.1 Å². The Morgan fingerprint density at radius 3 is 2.96 bits per heavy atom. The Morgan fingerprint density at radius 1 is 1.32 bits per heavy atom. The van der Waals surface area contributed by atoms with E-state index in [-0.39, 0.29) is 17.3 Å². The first-order valence-corrected chi connectivity index (χ1v) is 10.1. The number of hydrogen-bond donors (Lipinski definition) is 1. The van der Waals surface area contributed by atoms with Gasteiger partial charge in [0.15, 0.2) is 0 Å². The molecule has 1 aromatic carbocycles. The number of methoxy groups -OCH3 is 1. The number of hydrogen-bond acceptors (Lipinski definition) is 5. The molecule has 0 aromatic heterocycles. The van der Waals surface area contributed by atoms with Crippen molar-refractivity contribution in [2.45, 2.75) is 23.8 Å². The number of nitrogens with zero attached hydrogens (tertiary/aromatic N) is 2. The minimum Gasteiger partial charge on any atom is -0.383 e. The molecule has 3 rings (SSSR count). The molecule has 7 nitrogen and oxygen atoms in total. The summed E-state index contributed by atoms with van der Waals surface area (Å²) in [4.78, 5) is 17.2. The van der Waals surface area contributed by atoms with Gasteiger partial charge in [0.1, 0.15) is 0 Å². The van der Waals surface area contributed by atoms with Gasteiger partial charge in [0.2, 0.25) is 10.0 Å². The summed E-state index contributed by atoms with van der Waals surface area (Å²) in [6.07, 6.45) is 2.31. The van der Waals surface area contributed by atoms with Gasteiger partial charge in [0.25, 0.3) is 5.91 Å². The minimum atomic E-state index is -3.64. The molecule has 0 spiro atoms. The van der Waals surface area contributed by atoms with Crippen LogP contribution in [0.3, 0.4) is 0 Å². The fourth-order valence-electron chi connectivity index (χ4n) is 3.52. The molecule has 0 saturated carbocycles. The van der Waals surface area contributed by atoms with Gasteiger partial charge in [-0.1, -0.05) is 6.07 Å². The molecule has 1 unspecified atom stereocenters. The highest BCUT2D eigenvalue weighted by Gasteiger charge is 2.32. The number of benzene rings is 1. The number of fused-ring (bicyclic) bond motifs is 1. The fraction of sp³-hybridized carbons (Fsp3) is 0.588. The summed E-state index contributed by atoms with van der Waals surface area (Å²) in [5.74, 6) is -0.0968. The van der Waals surface area contributed by atoms with Crippen LogP contribution in [-0.2, 0) is 14.8 Å². The zero-order chi connectivity index (χ0) is 17.9. The van der Waals surface area contributed by atoms with E-state index in [0.717, 1.165) is 26.1 Å². The van der Waals surface area contributed by atoms with Gasteiger partial charge in [0, 0.05) is 44.9 Å². The summed E-state index contributed by atoms with van der Waals surface area (Å²) in [5.41, 5.74) is 0.418. The molecule has 1 N–H and O–H groups in total. The zero-order valence-electron chi connectivity index (χ0n) is 14.5. The van der Waals surface area contributed by atoms with Crippen molar-refractivity contribution < 1.29 is 17.9 Å². The van der Waals surface area contributed by atoms with Crippen LogP contribution >= 0.6 is 0 Å². The van der Waals surface area contributed by atoms with Crippen LogP contribution in [0.15, 0.2) is 29.2 Å². The van der Waals surface area contributed by atoms with Crippen molar-refractivity contribution >= 4 is 15.9 Å². The molecule has 138 valence electrons. The van der Waals surface area contributed by atoms with Gasteiger partial charge in [-0.3, -0.25) is 9.69 Å². The number of piperazine rings is 1. The number of ether oxygens (including phenoxy) is 1. The first kappa shape index (κ1) is 18.3. The van der Waals surface area contributed by atoms with Crippen molar-refractivity contribution in [1.29, 1.82) is 0 Å². The maximum absolute atomic E-state index is 12.8. The molecule has 2 fully saturated rings. The first-order chi connectivity index (χ1) is 12.0. The highest BCUT2D eigenvalue weighted by molar-refractivity contribution is 7.89. The lowest BCUT2D eigenvalue weighted by molar-refractivity contribution is 0.0571. The van der Waals surface area contributed by atoms with Crippen LogP contribution in [0, 0.1) is 0 Å². The van der Waals surface area contributed by atoms with Crippen molar-refractivity contribution in [2.75, 3.05) is 46.4 Å². The topological polar surface area (TPSA) is 78.9 Å². The van der Waals surface area contributed by atoms with E-state index in [4.69, 9.17) is 4.74 Å². The van der Waals surface area contributed by atoms with Gasteiger partial charge >= 0.3 is 0 Å². The lowest BCUT2D eigenvalue weighted by atomic mass is 10.1. The molecule has 25 heavy (non-hydrogen) atoms. The molecule has 8 heteroatoms. The van der Waals surface area contributed by atoms with Crippen LogP contribution in [-0.4, -0.2) is 76.6 Å². The first-order valence-electron chi connectivity index (χ1n) is 8.63. The molecule has 2 saturated heterocycles. The molecule has 1 atom stereocenters. The van der Waals surface area contributed by atoms with Crippen LogP contribution in [0.4, 0.5) is 0 Å². The lowest BCUT2D eigenvalue weighted by Gasteiger charge is -2.37. The number of amides is 1. The van der Waals surface area contributed by atoms with Crippen LogP contribution in [0.25, 0.3) is 0 Å². The Hall–Kier alpha value is -1.48. The summed E-state index contributed by atoms with van der Waals surface area (Å²) in [6.45, 7) is 3.92. The SMILES string of the molecule is COCCNS(=O)(=O)c1cccc(C(=O)N2CCN3CCCC3C2)c1. The molecule has 1 amide bonds. The van der Waals surface area contributed by atoms with Crippen molar-refractivity contribution in [3.8, 4) is 0 Å². The standard InChI is InChI=1S/C17H25N3O4S/c1-24-11-7-18-25(22,23)16-6-2-4-14(12-16)17(21)20-10-9-19-8-3-5-15(19)13-20/h2,4,6,12,15,18H,3,5,7-11,13H2,1H3. The van der Waals surface area contributed by atoms with E-state index in [2.05, 4.69) is 9.62 Å². The second kappa shape index (κ2) is 7.82. The number of nitrogens with one attached hydrogen (secondary N) is 1. The molecule has 0 bridgehead atoms. The average molecular weight is 367 g/mol. The number of rotatable bonds is 6. The second-order valence-electron chi connectivity index (χ2n) is 6.50. The Balaban J connectivity index is 1.71. The Bertz CT molecular complexity index is 722. The Morgan fingerprint density at radius 2 is 2.16 bits per heavy atom. The Labute approximate surface area is 149 Å². The monoisotopic (exact) mass is 367 g/mol. The predicted octanol–water partition coefficient (Wildman–Crippen LogP) is 0.532. The van der Waals surface area contributed by atoms with Gasteiger partial charge in [-0.15, -0.1) is 0 Å². The highest BCUT2D eigenvalue weighted by Crippen LogP contribution is 2.23. The lowest BCUT2D eigenvalue weighted by Crippen LogP contribution is -2.52. The van der Waals surface area contributed by atoms with Crippen molar-refractivity contribution in [1.82, 2.24) is 14.5 Å². The predicted molar refractivity (Wildman–Crippen MR) is 94.0 cm³/mol. The van der Waals surface area contributed by atoms with Crippen LogP contribution < -0.4 is 4.72 Å². The zero-order valence-corrected chi connectivity index (χ0v) is 15.3. The third kappa shape index (κ3) is 4.20. The van der Waals surface area contributed by atoms with Crippen LogP contribution in [0.5, 0.6) is 0 Å². The van der Waals surface area contributed by atoms with Crippen molar-refractivity contribution in [3.05, 3.63) is 29.8 Å². The van der Waals surface area contributed by atoms with Crippen molar-refractivity contribution in [2.24, 2.45) is 0 Å². The fourth-order valence-corrected chi connectivity index (χ4v) is 4.57. The molecule has 0 radical (unpaired) electrons. The molecule has 0 aliphatic carbocycles. The maximum atomic E-state index is 12.8. The van der Waals surface area contributed by atoms with E-state index in [9.17, 15) is 13.2 Å². The highest BCUT2D eigenvalue weighted by atomic mass is 32.2. The van der Waals surface area contributed by atoms with Gasteiger partial charge in [0.05, 0.1) is 11.5 Å². The summed E-state index contributed by atoms with van der Waals surface area (Å²) < 4.78 is 31.9. The van der Waals surface area contributed by atoms with E-state index in [1.807, 2.05) is 4.90 Å². The molecule has 2 heterocycles. The van der Waals surface area contributed by atoms with Crippen LogP contribution in [0.1, 0.15) is 23.2 Å². The van der Waals surface area contributed by atoms with E-state index in [1.165, 1.54) is 25.7 Å². The summed E-state index contributed by atoms with van der Waals surface area (Å²) in [5, 5.41) is 0. The van der Waals surface area contributed by atoms with E-state index >= 15 is 0 Å². The van der Waals surface area contributed by atoms with Gasteiger partial charge < -0.3 is 9.64 Å². The number of carbonyl (C=O) groups is 1. The molecule has 1 aromatic rings. The Kier molecular flexibility index (Phi) is 5.73. The smallest absolute Gasteiger partial charge is 0.253 e. The third-order valence-corrected chi connectivity index (χ3v) is 6.32. The van der Waals surface area contributed by atoms with Gasteiger partial charge in [-0.25, -0.2) is 13.1 Å².